The van der Waals surface area contributed by atoms with E-state index in [2.05, 4.69) is 16.7 Å². The fourth-order valence-corrected chi connectivity index (χ4v) is 2.27. The molecule has 3 N–H and O–H groups in total. The van der Waals surface area contributed by atoms with Crippen molar-refractivity contribution >= 4 is 12.0 Å². The lowest BCUT2D eigenvalue weighted by molar-refractivity contribution is -0.139. The van der Waals surface area contributed by atoms with Gasteiger partial charge in [-0.25, -0.2) is 14.6 Å². The second kappa shape index (κ2) is 7.00. The molecule has 6 nitrogen and oxygen atoms in total. The molecule has 0 radical (unpaired) electrons. The van der Waals surface area contributed by atoms with Crippen LogP contribution in [0.2, 0.25) is 0 Å². The van der Waals surface area contributed by atoms with Gasteiger partial charge < -0.3 is 10.4 Å². The number of amides is 2. The van der Waals surface area contributed by atoms with Crippen LogP contribution >= 0.6 is 0 Å². The Morgan fingerprint density at radius 2 is 2.00 bits per heavy atom. The van der Waals surface area contributed by atoms with Gasteiger partial charge in [-0.15, -0.1) is 12.3 Å². The van der Waals surface area contributed by atoms with Gasteiger partial charge >= 0.3 is 12.0 Å². The number of carboxylic acid groups (broad SMARTS) is 1. The van der Waals surface area contributed by atoms with E-state index in [1.807, 2.05) is 18.9 Å². The van der Waals surface area contributed by atoms with E-state index in [-0.39, 0.29) is 18.5 Å². The van der Waals surface area contributed by atoms with Crippen molar-refractivity contribution < 1.29 is 14.7 Å². The minimum Gasteiger partial charge on any atom is -0.480 e. The van der Waals surface area contributed by atoms with Crippen molar-refractivity contribution in [3.63, 3.8) is 0 Å². The van der Waals surface area contributed by atoms with Gasteiger partial charge in [0.05, 0.1) is 0 Å². The standard InChI is InChI=1S/C13H21N3O3/c1-4-6-11(12(17)18)14-13(19)15-16-9(2)7-5-8-10(16)3/h1,9-11H,5-8H2,2-3H3,(H,17,18)(H2,14,15,19). The summed E-state index contributed by atoms with van der Waals surface area (Å²) >= 11 is 0. The number of urea groups is 1. The molecule has 1 aliphatic rings. The predicted octanol–water partition coefficient (Wildman–Crippen LogP) is 0.940. The molecule has 1 saturated heterocycles. The van der Waals surface area contributed by atoms with Gasteiger partial charge in [0, 0.05) is 18.5 Å². The lowest BCUT2D eigenvalue weighted by Crippen LogP contribution is -2.58. The van der Waals surface area contributed by atoms with E-state index in [9.17, 15) is 9.59 Å². The maximum Gasteiger partial charge on any atom is 0.330 e. The van der Waals surface area contributed by atoms with Crippen molar-refractivity contribution in [2.45, 2.75) is 57.7 Å². The first-order valence-electron chi connectivity index (χ1n) is 6.47. The molecule has 2 amide bonds. The van der Waals surface area contributed by atoms with Crippen LogP contribution in [0.3, 0.4) is 0 Å². The Hall–Kier alpha value is -1.74. The summed E-state index contributed by atoms with van der Waals surface area (Å²) in [5.41, 5.74) is 2.71. The zero-order valence-corrected chi connectivity index (χ0v) is 11.3. The molecule has 1 rings (SSSR count). The summed E-state index contributed by atoms with van der Waals surface area (Å²) in [6.45, 7) is 4.07. The number of rotatable bonds is 4. The van der Waals surface area contributed by atoms with Gasteiger partial charge in [-0.1, -0.05) is 6.42 Å². The lowest BCUT2D eigenvalue weighted by Gasteiger charge is -2.38. The smallest absolute Gasteiger partial charge is 0.330 e. The minimum absolute atomic E-state index is 0.0339. The van der Waals surface area contributed by atoms with Gasteiger partial charge in [-0.05, 0) is 26.7 Å². The molecule has 3 unspecified atom stereocenters. The van der Waals surface area contributed by atoms with Crippen molar-refractivity contribution in [1.29, 1.82) is 0 Å². The molecular weight excluding hydrogens is 246 g/mol. The number of hydrogen-bond donors (Lipinski definition) is 3. The molecule has 106 valence electrons. The fraction of sp³-hybridized carbons (Fsp3) is 0.692. The number of carboxylic acids is 1. The number of carbonyl (C=O) groups is 2. The van der Waals surface area contributed by atoms with Gasteiger partial charge in [0.15, 0.2) is 0 Å². The first kappa shape index (κ1) is 15.3. The quantitative estimate of drug-likeness (QED) is 0.662. The van der Waals surface area contributed by atoms with E-state index >= 15 is 0 Å². The molecule has 0 spiro atoms. The average molecular weight is 267 g/mol. The number of nitrogens with zero attached hydrogens (tertiary/aromatic N) is 1. The average Bonchev–Trinajstić information content (AvgIpc) is 2.33. The van der Waals surface area contributed by atoms with Crippen LogP contribution in [-0.2, 0) is 4.79 Å². The Labute approximate surface area is 113 Å². The molecule has 3 atom stereocenters. The second-order valence-corrected chi connectivity index (χ2v) is 4.92. The molecule has 0 aliphatic carbocycles. The summed E-state index contributed by atoms with van der Waals surface area (Å²) in [7, 11) is 0. The number of terminal acetylenes is 1. The summed E-state index contributed by atoms with van der Waals surface area (Å²) in [6, 6.07) is -1.10. The molecular formula is C13H21N3O3. The van der Waals surface area contributed by atoms with Crippen molar-refractivity contribution in [3.8, 4) is 12.3 Å². The normalized spacial score (nSPS) is 25.1. The Balaban J connectivity index is 2.54. The highest BCUT2D eigenvalue weighted by Crippen LogP contribution is 2.19. The van der Waals surface area contributed by atoms with Gasteiger partial charge in [0.25, 0.3) is 0 Å². The van der Waals surface area contributed by atoms with Crippen molar-refractivity contribution in [3.05, 3.63) is 0 Å². The lowest BCUT2D eigenvalue weighted by atomic mass is 10.00. The predicted molar refractivity (Wildman–Crippen MR) is 71.2 cm³/mol. The third kappa shape index (κ3) is 4.45. The number of carbonyl (C=O) groups excluding carboxylic acids is 1. The van der Waals surface area contributed by atoms with Crippen LogP contribution in [0, 0.1) is 12.3 Å². The van der Waals surface area contributed by atoms with E-state index < -0.39 is 18.0 Å². The summed E-state index contributed by atoms with van der Waals surface area (Å²) in [4.78, 5) is 22.7. The highest BCUT2D eigenvalue weighted by atomic mass is 16.4. The van der Waals surface area contributed by atoms with E-state index in [1.165, 1.54) is 0 Å². The Bertz CT molecular complexity index is 368. The molecule has 0 saturated carbocycles. The van der Waals surface area contributed by atoms with E-state index in [0.717, 1.165) is 19.3 Å². The highest BCUT2D eigenvalue weighted by molar-refractivity contribution is 5.82. The van der Waals surface area contributed by atoms with Crippen LogP contribution in [0.1, 0.15) is 39.5 Å². The van der Waals surface area contributed by atoms with Crippen LogP contribution in [0.25, 0.3) is 0 Å². The number of hydrazine groups is 1. The first-order chi connectivity index (χ1) is 8.95. The Kier molecular flexibility index (Phi) is 5.64. The Morgan fingerprint density at radius 1 is 1.42 bits per heavy atom. The molecule has 0 aromatic rings. The van der Waals surface area contributed by atoms with Crippen LogP contribution in [0.5, 0.6) is 0 Å². The summed E-state index contributed by atoms with van der Waals surface area (Å²) in [5.74, 6) is 1.11. The molecule has 1 aliphatic heterocycles. The summed E-state index contributed by atoms with van der Waals surface area (Å²) in [5, 5.41) is 13.2. The molecule has 0 bridgehead atoms. The second-order valence-electron chi connectivity index (χ2n) is 4.92. The number of aliphatic carboxylic acids is 1. The van der Waals surface area contributed by atoms with Crippen LogP contribution < -0.4 is 10.7 Å². The highest BCUT2D eigenvalue weighted by Gasteiger charge is 2.27. The number of nitrogens with one attached hydrogen (secondary N) is 2. The molecule has 1 heterocycles. The van der Waals surface area contributed by atoms with Gasteiger partial charge in [0.1, 0.15) is 6.04 Å². The van der Waals surface area contributed by atoms with Gasteiger partial charge in [0.2, 0.25) is 0 Å². The molecule has 0 aromatic heterocycles. The summed E-state index contributed by atoms with van der Waals surface area (Å²) in [6.07, 6.45) is 8.20. The largest absolute Gasteiger partial charge is 0.480 e. The summed E-state index contributed by atoms with van der Waals surface area (Å²) < 4.78 is 0. The van der Waals surface area contributed by atoms with Crippen LogP contribution in [-0.4, -0.2) is 40.2 Å². The first-order valence-corrected chi connectivity index (χ1v) is 6.47. The molecule has 6 heteroatoms. The fourth-order valence-electron chi connectivity index (χ4n) is 2.27. The Morgan fingerprint density at radius 3 is 2.47 bits per heavy atom. The third-order valence-electron chi connectivity index (χ3n) is 3.35. The van der Waals surface area contributed by atoms with Crippen molar-refractivity contribution in [2.75, 3.05) is 0 Å². The van der Waals surface area contributed by atoms with E-state index in [4.69, 9.17) is 11.5 Å². The molecule has 0 aromatic carbocycles. The zero-order chi connectivity index (χ0) is 14.4. The zero-order valence-electron chi connectivity index (χ0n) is 11.3. The van der Waals surface area contributed by atoms with Crippen LogP contribution in [0.15, 0.2) is 0 Å². The van der Waals surface area contributed by atoms with E-state index in [0.29, 0.717) is 0 Å². The van der Waals surface area contributed by atoms with E-state index in [1.54, 1.807) is 0 Å². The maximum atomic E-state index is 11.8. The monoisotopic (exact) mass is 267 g/mol. The third-order valence-corrected chi connectivity index (χ3v) is 3.35. The van der Waals surface area contributed by atoms with Gasteiger partial charge in [-0.3, -0.25) is 5.43 Å². The number of piperidine rings is 1. The van der Waals surface area contributed by atoms with Crippen LogP contribution in [0.4, 0.5) is 4.79 Å². The number of hydrogen-bond acceptors (Lipinski definition) is 3. The topological polar surface area (TPSA) is 81.7 Å². The molecule has 1 fully saturated rings. The van der Waals surface area contributed by atoms with Gasteiger partial charge in [-0.2, -0.15) is 0 Å². The van der Waals surface area contributed by atoms with Crippen molar-refractivity contribution in [1.82, 2.24) is 15.8 Å². The minimum atomic E-state index is -1.13. The molecule has 19 heavy (non-hydrogen) atoms. The van der Waals surface area contributed by atoms with Crippen molar-refractivity contribution in [2.24, 2.45) is 0 Å². The maximum absolute atomic E-state index is 11.8. The SMILES string of the molecule is C#CCC(NC(=O)NN1C(C)CCCC1C)C(=O)O.